The summed E-state index contributed by atoms with van der Waals surface area (Å²) in [7, 11) is 0. The lowest BCUT2D eigenvalue weighted by molar-refractivity contribution is 0.754. The predicted octanol–water partition coefficient (Wildman–Crippen LogP) is 1.09. The van der Waals surface area contributed by atoms with E-state index in [0.29, 0.717) is 11.6 Å². The van der Waals surface area contributed by atoms with Gasteiger partial charge in [-0.25, -0.2) is 4.98 Å². The third-order valence-electron chi connectivity index (χ3n) is 2.05. The van der Waals surface area contributed by atoms with E-state index in [1.54, 1.807) is 11.3 Å². The summed E-state index contributed by atoms with van der Waals surface area (Å²) >= 11 is 1.60. The van der Waals surface area contributed by atoms with E-state index in [-0.39, 0.29) is 0 Å². The first-order valence-corrected chi connectivity index (χ1v) is 4.84. The van der Waals surface area contributed by atoms with Crippen LogP contribution in [0.3, 0.4) is 0 Å². The summed E-state index contributed by atoms with van der Waals surface area (Å²) in [5.74, 6) is 0.539. The van der Waals surface area contributed by atoms with Crippen LogP contribution in [0.5, 0.6) is 0 Å². The summed E-state index contributed by atoms with van der Waals surface area (Å²) in [6.07, 6.45) is 1.15. The summed E-state index contributed by atoms with van der Waals surface area (Å²) in [4.78, 5) is 4.23. The molecule has 3 nitrogen and oxygen atoms in total. The molecule has 1 fully saturated rings. The summed E-state index contributed by atoms with van der Waals surface area (Å²) < 4.78 is 0. The van der Waals surface area contributed by atoms with Gasteiger partial charge < -0.3 is 5.32 Å². The number of hydrogen-bond acceptors (Lipinski definition) is 4. The van der Waals surface area contributed by atoms with Crippen molar-refractivity contribution < 1.29 is 0 Å². The molecule has 1 aromatic rings. The Morgan fingerprint density at radius 3 is 3.25 bits per heavy atom. The molecular formula is C8H9N3S. The highest BCUT2D eigenvalue weighted by Gasteiger charge is 2.19. The van der Waals surface area contributed by atoms with Gasteiger partial charge in [0.15, 0.2) is 5.69 Å². The minimum Gasteiger partial charge on any atom is -0.316 e. The number of nitrogens with zero attached hydrogens (tertiary/aromatic N) is 2. The maximum Gasteiger partial charge on any atom is 0.151 e. The van der Waals surface area contributed by atoms with Crippen LogP contribution in [0.4, 0.5) is 0 Å². The molecule has 0 aromatic carbocycles. The molecule has 1 atom stereocenters. The second kappa shape index (κ2) is 3.21. The maximum absolute atomic E-state index is 8.57. The molecule has 1 aliphatic rings. The lowest BCUT2D eigenvalue weighted by Crippen LogP contribution is -2.07. The van der Waals surface area contributed by atoms with E-state index in [4.69, 9.17) is 5.26 Å². The Balaban J connectivity index is 2.17. The van der Waals surface area contributed by atoms with Gasteiger partial charge in [-0.2, -0.15) is 5.26 Å². The average Bonchev–Trinajstić information content (AvgIpc) is 2.75. The van der Waals surface area contributed by atoms with Gasteiger partial charge in [0.2, 0.25) is 0 Å². The van der Waals surface area contributed by atoms with Crippen molar-refractivity contribution >= 4 is 11.3 Å². The number of hydrogen-bond donors (Lipinski definition) is 1. The minimum atomic E-state index is 0.539. The summed E-state index contributed by atoms with van der Waals surface area (Å²) in [6, 6.07) is 2.05. The average molecular weight is 179 g/mol. The molecule has 2 heterocycles. The van der Waals surface area contributed by atoms with Crippen molar-refractivity contribution in [3.8, 4) is 6.07 Å². The Hall–Kier alpha value is -0.920. The minimum absolute atomic E-state index is 0.539. The number of aromatic nitrogens is 1. The molecule has 4 heteroatoms. The third-order valence-corrected chi connectivity index (χ3v) is 3.05. The molecule has 12 heavy (non-hydrogen) atoms. The molecule has 1 aromatic heterocycles. The molecule has 62 valence electrons. The molecule has 2 rings (SSSR count). The van der Waals surface area contributed by atoms with Crippen molar-refractivity contribution in [1.82, 2.24) is 10.3 Å². The first kappa shape index (κ1) is 7.71. The van der Waals surface area contributed by atoms with Crippen LogP contribution >= 0.6 is 11.3 Å². The fourth-order valence-electron chi connectivity index (χ4n) is 1.39. The smallest absolute Gasteiger partial charge is 0.151 e. The molecule has 0 saturated carbocycles. The molecular weight excluding hydrogens is 170 g/mol. The molecule has 1 unspecified atom stereocenters. The van der Waals surface area contributed by atoms with Crippen LogP contribution in [-0.4, -0.2) is 18.1 Å². The molecule has 0 amide bonds. The van der Waals surface area contributed by atoms with Crippen molar-refractivity contribution in [3.63, 3.8) is 0 Å². The summed E-state index contributed by atoms with van der Waals surface area (Å²) in [5.41, 5.74) is 0.557. The highest BCUT2D eigenvalue weighted by Crippen LogP contribution is 2.24. The van der Waals surface area contributed by atoms with Crippen LogP contribution in [0, 0.1) is 11.3 Å². The van der Waals surface area contributed by atoms with Gasteiger partial charge in [-0.15, -0.1) is 11.3 Å². The van der Waals surface area contributed by atoms with E-state index in [1.807, 2.05) is 11.4 Å². The molecule has 0 radical (unpaired) electrons. The SMILES string of the molecule is N#Cc1csc(C2CCNC2)n1. The Labute approximate surface area is 75.1 Å². The van der Waals surface area contributed by atoms with Crippen LogP contribution in [-0.2, 0) is 0 Å². The van der Waals surface area contributed by atoms with E-state index < -0.39 is 0 Å². The summed E-state index contributed by atoms with van der Waals surface area (Å²) in [6.45, 7) is 2.09. The van der Waals surface area contributed by atoms with Crippen molar-refractivity contribution in [2.45, 2.75) is 12.3 Å². The van der Waals surface area contributed by atoms with Crippen molar-refractivity contribution in [3.05, 3.63) is 16.1 Å². The van der Waals surface area contributed by atoms with Crippen molar-refractivity contribution in [1.29, 1.82) is 5.26 Å². The third kappa shape index (κ3) is 1.33. The van der Waals surface area contributed by atoms with Crippen molar-refractivity contribution in [2.24, 2.45) is 0 Å². The number of nitrogens with one attached hydrogen (secondary N) is 1. The van der Waals surface area contributed by atoms with E-state index in [0.717, 1.165) is 24.5 Å². The largest absolute Gasteiger partial charge is 0.316 e. The van der Waals surface area contributed by atoms with E-state index >= 15 is 0 Å². The van der Waals surface area contributed by atoms with Crippen LogP contribution in [0.15, 0.2) is 5.38 Å². The Kier molecular flexibility index (Phi) is 2.07. The van der Waals surface area contributed by atoms with E-state index in [1.165, 1.54) is 0 Å². The van der Waals surface area contributed by atoms with Crippen LogP contribution in [0.2, 0.25) is 0 Å². The molecule has 0 aliphatic carbocycles. The van der Waals surface area contributed by atoms with Gasteiger partial charge in [0.05, 0.1) is 5.01 Å². The Morgan fingerprint density at radius 2 is 2.67 bits per heavy atom. The van der Waals surface area contributed by atoms with Crippen LogP contribution in [0.1, 0.15) is 23.0 Å². The standard InChI is InChI=1S/C8H9N3S/c9-3-7-5-12-8(11-7)6-1-2-10-4-6/h5-6,10H,1-2,4H2. The van der Waals surface area contributed by atoms with Gasteiger partial charge in [0, 0.05) is 17.8 Å². The zero-order valence-electron chi connectivity index (χ0n) is 6.58. The summed E-state index contributed by atoms with van der Waals surface area (Å²) in [5, 5.41) is 14.8. The van der Waals surface area contributed by atoms with E-state index in [9.17, 15) is 0 Å². The molecule has 0 spiro atoms. The number of rotatable bonds is 1. The lowest BCUT2D eigenvalue weighted by Gasteiger charge is -2.00. The lowest BCUT2D eigenvalue weighted by atomic mass is 10.1. The van der Waals surface area contributed by atoms with Gasteiger partial charge in [0.1, 0.15) is 6.07 Å². The van der Waals surface area contributed by atoms with Gasteiger partial charge in [-0.05, 0) is 13.0 Å². The van der Waals surface area contributed by atoms with Gasteiger partial charge in [-0.1, -0.05) is 0 Å². The van der Waals surface area contributed by atoms with Gasteiger partial charge in [-0.3, -0.25) is 0 Å². The molecule has 1 saturated heterocycles. The highest BCUT2D eigenvalue weighted by molar-refractivity contribution is 7.09. The van der Waals surface area contributed by atoms with Crippen LogP contribution in [0.25, 0.3) is 0 Å². The first-order chi connectivity index (χ1) is 5.90. The second-order valence-corrected chi connectivity index (χ2v) is 3.76. The van der Waals surface area contributed by atoms with Crippen molar-refractivity contribution in [2.75, 3.05) is 13.1 Å². The number of thiazole rings is 1. The predicted molar refractivity (Wildman–Crippen MR) is 47.1 cm³/mol. The zero-order valence-corrected chi connectivity index (χ0v) is 7.40. The Bertz CT molecular complexity index is 306. The van der Waals surface area contributed by atoms with Gasteiger partial charge in [0.25, 0.3) is 0 Å². The fourth-order valence-corrected chi connectivity index (χ4v) is 2.27. The normalized spacial score (nSPS) is 22.4. The van der Waals surface area contributed by atoms with E-state index in [2.05, 4.69) is 10.3 Å². The number of nitriles is 1. The Morgan fingerprint density at radius 1 is 1.75 bits per heavy atom. The molecule has 0 bridgehead atoms. The van der Waals surface area contributed by atoms with Gasteiger partial charge >= 0.3 is 0 Å². The fraction of sp³-hybridized carbons (Fsp3) is 0.500. The molecule has 1 N–H and O–H groups in total. The quantitative estimate of drug-likeness (QED) is 0.702. The van der Waals surface area contributed by atoms with Crippen LogP contribution < -0.4 is 5.32 Å². The maximum atomic E-state index is 8.57. The monoisotopic (exact) mass is 179 g/mol. The second-order valence-electron chi connectivity index (χ2n) is 2.87. The first-order valence-electron chi connectivity index (χ1n) is 3.96. The topological polar surface area (TPSA) is 48.7 Å². The zero-order chi connectivity index (χ0) is 8.39. The highest BCUT2D eigenvalue weighted by atomic mass is 32.1. The molecule has 1 aliphatic heterocycles.